The molecule has 3 aromatic rings. The fourth-order valence-electron chi connectivity index (χ4n) is 4.97. The summed E-state index contributed by atoms with van der Waals surface area (Å²) in [5.41, 5.74) is 3.70. The van der Waals surface area contributed by atoms with E-state index < -0.39 is 6.04 Å². The van der Waals surface area contributed by atoms with Crippen LogP contribution in [0.4, 0.5) is 0 Å². The van der Waals surface area contributed by atoms with Crippen molar-refractivity contribution in [2.45, 2.75) is 64.6 Å². The molecule has 0 spiro atoms. The highest BCUT2D eigenvalue weighted by molar-refractivity contribution is 9.10. The molecule has 1 unspecified atom stereocenters. The molecule has 1 aliphatic carbocycles. The van der Waals surface area contributed by atoms with Crippen molar-refractivity contribution < 1.29 is 14.3 Å². The van der Waals surface area contributed by atoms with Gasteiger partial charge in [0.1, 0.15) is 11.8 Å². The van der Waals surface area contributed by atoms with Crippen LogP contribution in [0.5, 0.6) is 5.75 Å². The molecule has 0 aromatic heterocycles. The van der Waals surface area contributed by atoms with Gasteiger partial charge in [-0.05, 0) is 73.2 Å². The lowest BCUT2D eigenvalue weighted by atomic mass is 10.0. The number of hydrogen-bond donors (Lipinski definition) is 1. The molecule has 1 atom stereocenters. The van der Waals surface area contributed by atoms with E-state index in [0.29, 0.717) is 27.8 Å². The molecule has 1 N–H and O–H groups in total. The minimum Gasteiger partial charge on any atom is -0.484 e. The average molecular weight is 632 g/mol. The molecule has 1 fully saturated rings. The first-order valence-corrected chi connectivity index (χ1v) is 14.7. The van der Waals surface area contributed by atoms with E-state index in [1.807, 2.05) is 56.3 Å². The van der Waals surface area contributed by atoms with Crippen LogP contribution in [0.15, 0.2) is 65.1 Å². The minimum absolute atomic E-state index is 0.122. The SMILES string of the molecule is Cc1cc(OCC(=O)N(Cc2ccc(Cl)cc2Cl)C(Cc2ccccc2)C(=O)NC2CCCC2)cc(C)c1Br. The van der Waals surface area contributed by atoms with Crippen LogP contribution in [0, 0.1) is 13.8 Å². The number of aryl methyl sites for hydroxylation is 2. The van der Waals surface area contributed by atoms with Crippen molar-refractivity contribution in [3.05, 3.63) is 97.4 Å². The zero-order valence-corrected chi connectivity index (χ0v) is 25.3. The Labute approximate surface area is 249 Å². The average Bonchev–Trinajstić information content (AvgIpc) is 3.42. The molecule has 0 radical (unpaired) electrons. The van der Waals surface area contributed by atoms with E-state index in [2.05, 4.69) is 21.2 Å². The molecule has 8 heteroatoms. The Morgan fingerprint density at radius 3 is 2.33 bits per heavy atom. The van der Waals surface area contributed by atoms with Crippen molar-refractivity contribution in [1.29, 1.82) is 0 Å². The van der Waals surface area contributed by atoms with Crippen molar-refractivity contribution in [3.63, 3.8) is 0 Å². The molecule has 0 saturated heterocycles. The highest BCUT2D eigenvalue weighted by Crippen LogP contribution is 2.28. The zero-order chi connectivity index (χ0) is 27.9. The Balaban J connectivity index is 1.64. The van der Waals surface area contributed by atoms with Crippen LogP contribution in [0.1, 0.15) is 47.9 Å². The first-order chi connectivity index (χ1) is 18.7. The lowest BCUT2D eigenvalue weighted by Crippen LogP contribution is -2.53. The van der Waals surface area contributed by atoms with Crippen LogP contribution in [-0.4, -0.2) is 35.4 Å². The van der Waals surface area contributed by atoms with Gasteiger partial charge >= 0.3 is 0 Å². The topological polar surface area (TPSA) is 58.6 Å². The number of hydrogen-bond acceptors (Lipinski definition) is 3. The van der Waals surface area contributed by atoms with Crippen molar-refractivity contribution in [3.8, 4) is 5.75 Å². The summed E-state index contributed by atoms with van der Waals surface area (Å²) in [4.78, 5) is 29.2. The molecule has 39 heavy (non-hydrogen) atoms. The second kappa shape index (κ2) is 13.7. The summed E-state index contributed by atoms with van der Waals surface area (Å²) in [6.07, 6.45) is 4.46. The van der Waals surface area contributed by atoms with Gasteiger partial charge in [-0.25, -0.2) is 0 Å². The molecule has 3 aromatic carbocycles. The lowest BCUT2D eigenvalue weighted by molar-refractivity contribution is -0.143. The maximum absolute atomic E-state index is 13.9. The fraction of sp³-hybridized carbons (Fsp3) is 0.355. The largest absolute Gasteiger partial charge is 0.484 e. The van der Waals surface area contributed by atoms with Crippen LogP contribution in [0.2, 0.25) is 10.0 Å². The van der Waals surface area contributed by atoms with E-state index in [4.69, 9.17) is 27.9 Å². The third-order valence-electron chi connectivity index (χ3n) is 7.10. The normalized spacial score (nSPS) is 14.2. The molecule has 1 saturated carbocycles. The molecule has 5 nitrogen and oxygen atoms in total. The molecule has 4 rings (SSSR count). The maximum Gasteiger partial charge on any atom is 0.261 e. The number of nitrogens with one attached hydrogen (secondary N) is 1. The van der Waals surface area contributed by atoms with E-state index in [9.17, 15) is 9.59 Å². The number of nitrogens with zero attached hydrogens (tertiary/aromatic N) is 1. The highest BCUT2D eigenvalue weighted by Gasteiger charge is 2.32. The first kappa shape index (κ1) is 29.4. The van der Waals surface area contributed by atoms with Crippen LogP contribution in [0.3, 0.4) is 0 Å². The lowest BCUT2D eigenvalue weighted by Gasteiger charge is -2.32. The van der Waals surface area contributed by atoms with Crippen LogP contribution < -0.4 is 10.1 Å². The van der Waals surface area contributed by atoms with Crippen molar-refractivity contribution >= 4 is 50.9 Å². The summed E-state index contributed by atoms with van der Waals surface area (Å²) in [5.74, 6) is 0.127. The highest BCUT2D eigenvalue weighted by atomic mass is 79.9. The van der Waals surface area contributed by atoms with Gasteiger partial charge in [0.05, 0.1) is 0 Å². The Morgan fingerprint density at radius 1 is 1.03 bits per heavy atom. The second-order valence-electron chi connectivity index (χ2n) is 10.1. The summed E-state index contributed by atoms with van der Waals surface area (Å²) >= 11 is 16.2. The standard InChI is InChI=1S/C31H33BrCl2N2O3/c1-20-14-26(15-21(2)30(20)32)39-19-29(37)36(18-23-12-13-24(33)17-27(23)34)28(16-22-8-4-3-5-9-22)31(38)35-25-10-6-7-11-25/h3-5,8-9,12-15,17,25,28H,6-7,10-11,16,18-19H2,1-2H3,(H,35,38). The summed E-state index contributed by atoms with van der Waals surface area (Å²) < 4.78 is 6.97. The van der Waals surface area contributed by atoms with Gasteiger partial charge in [0.2, 0.25) is 5.91 Å². The van der Waals surface area contributed by atoms with Gasteiger partial charge in [0, 0.05) is 33.5 Å². The van der Waals surface area contributed by atoms with Gasteiger partial charge < -0.3 is 15.0 Å². The number of ether oxygens (including phenoxy) is 1. The van der Waals surface area contributed by atoms with Crippen LogP contribution >= 0.6 is 39.1 Å². The summed E-state index contributed by atoms with van der Waals surface area (Å²) in [5, 5.41) is 4.15. The van der Waals surface area contributed by atoms with E-state index >= 15 is 0 Å². The van der Waals surface area contributed by atoms with E-state index in [1.54, 1.807) is 23.1 Å². The third-order valence-corrected chi connectivity index (χ3v) is 8.94. The van der Waals surface area contributed by atoms with E-state index in [-0.39, 0.29) is 31.0 Å². The van der Waals surface area contributed by atoms with Gasteiger partial charge in [-0.1, -0.05) is 88.4 Å². The number of carbonyl (C=O) groups excluding carboxylic acids is 2. The molecular formula is C31H33BrCl2N2O3. The molecule has 206 valence electrons. The summed E-state index contributed by atoms with van der Waals surface area (Å²) in [6, 6.07) is 18.1. The molecule has 0 heterocycles. The number of amides is 2. The van der Waals surface area contributed by atoms with Crippen molar-refractivity contribution in [1.82, 2.24) is 10.2 Å². The maximum atomic E-state index is 13.9. The van der Waals surface area contributed by atoms with Crippen molar-refractivity contribution in [2.24, 2.45) is 0 Å². The molecule has 2 amide bonds. The summed E-state index contributed by atoms with van der Waals surface area (Å²) in [7, 11) is 0. The van der Waals surface area contributed by atoms with Crippen LogP contribution in [0.25, 0.3) is 0 Å². The minimum atomic E-state index is -0.746. The van der Waals surface area contributed by atoms with Crippen LogP contribution in [-0.2, 0) is 22.6 Å². The number of rotatable bonds is 10. The van der Waals surface area contributed by atoms with E-state index in [0.717, 1.165) is 46.8 Å². The van der Waals surface area contributed by atoms with E-state index in [1.165, 1.54) is 0 Å². The zero-order valence-electron chi connectivity index (χ0n) is 22.2. The quantitative estimate of drug-likeness (QED) is 0.253. The smallest absolute Gasteiger partial charge is 0.261 e. The molecule has 1 aliphatic rings. The van der Waals surface area contributed by atoms with Crippen molar-refractivity contribution in [2.75, 3.05) is 6.61 Å². The number of carbonyl (C=O) groups is 2. The Kier molecular flexibility index (Phi) is 10.3. The van der Waals surface area contributed by atoms with Gasteiger partial charge in [0.25, 0.3) is 5.91 Å². The number of benzene rings is 3. The fourth-order valence-corrected chi connectivity index (χ4v) is 5.67. The number of halogens is 3. The predicted octanol–water partition coefficient (Wildman–Crippen LogP) is 7.45. The first-order valence-electron chi connectivity index (χ1n) is 13.2. The van der Waals surface area contributed by atoms with Gasteiger partial charge in [0.15, 0.2) is 6.61 Å². The second-order valence-corrected chi connectivity index (χ2v) is 11.7. The Morgan fingerprint density at radius 2 is 1.69 bits per heavy atom. The molecule has 0 bridgehead atoms. The molecule has 0 aliphatic heterocycles. The Bertz CT molecular complexity index is 1290. The third kappa shape index (κ3) is 8.00. The van der Waals surface area contributed by atoms with Gasteiger partial charge in [-0.2, -0.15) is 0 Å². The molecular weight excluding hydrogens is 599 g/mol. The predicted molar refractivity (Wildman–Crippen MR) is 160 cm³/mol. The summed E-state index contributed by atoms with van der Waals surface area (Å²) in [6.45, 7) is 3.88. The van der Waals surface area contributed by atoms with Gasteiger partial charge in [-0.15, -0.1) is 0 Å². The Hall–Kier alpha value is -2.54. The monoisotopic (exact) mass is 630 g/mol. The van der Waals surface area contributed by atoms with Gasteiger partial charge in [-0.3, -0.25) is 9.59 Å².